The molecule has 0 spiro atoms. The molecule has 0 aromatic carbocycles. The van der Waals surface area contributed by atoms with E-state index < -0.39 is 10.9 Å². The van der Waals surface area contributed by atoms with E-state index in [-0.39, 0.29) is 12.2 Å². The fourth-order valence-electron chi connectivity index (χ4n) is 2.54. The Hall–Kier alpha value is -2.18. The highest BCUT2D eigenvalue weighted by Crippen LogP contribution is 2.26. The maximum atomic E-state index is 10.6. The average molecular weight is 279 g/mol. The third-order valence-corrected chi connectivity index (χ3v) is 3.57. The van der Waals surface area contributed by atoms with Crippen molar-refractivity contribution in [2.24, 2.45) is 5.92 Å². The highest BCUT2D eigenvalue weighted by atomic mass is 16.6. The quantitative estimate of drug-likeness (QED) is 0.654. The lowest BCUT2D eigenvalue weighted by atomic mass is 9.93. The summed E-state index contributed by atoms with van der Waals surface area (Å²) in [5.41, 5.74) is 0.857. The molecular formula is C13H17N3O4. The topological polar surface area (TPSA) is 96.6 Å². The summed E-state index contributed by atoms with van der Waals surface area (Å²) >= 11 is 0. The maximum Gasteiger partial charge on any atom is 0.363 e. The largest absolute Gasteiger partial charge is 0.481 e. The predicted molar refractivity (Wildman–Crippen MR) is 72.7 cm³/mol. The lowest BCUT2D eigenvalue weighted by molar-refractivity contribution is -0.389. The van der Waals surface area contributed by atoms with Gasteiger partial charge in [-0.25, -0.2) is 0 Å². The van der Waals surface area contributed by atoms with Crippen molar-refractivity contribution in [3.05, 3.63) is 28.4 Å². The number of carbonyl (C=O) groups is 1. The van der Waals surface area contributed by atoms with Crippen molar-refractivity contribution in [2.45, 2.75) is 25.7 Å². The summed E-state index contributed by atoms with van der Waals surface area (Å²) in [6, 6.07) is 3.10. The standard InChI is InChI=1S/C13H17N3O4/c17-13(18)6-3-10-2-1-7-15(9-10)11-4-5-12(14-8-11)16(19)20/h4-5,8,10H,1-3,6-7,9H2,(H,17,18). The number of pyridine rings is 1. The van der Waals surface area contributed by atoms with Crippen LogP contribution >= 0.6 is 0 Å². The Morgan fingerprint density at radius 1 is 1.55 bits per heavy atom. The van der Waals surface area contributed by atoms with Crippen molar-refractivity contribution in [1.29, 1.82) is 0 Å². The Balaban J connectivity index is 1.97. The molecule has 2 rings (SSSR count). The van der Waals surface area contributed by atoms with Gasteiger partial charge in [0.25, 0.3) is 0 Å². The van der Waals surface area contributed by atoms with Gasteiger partial charge < -0.3 is 20.1 Å². The fraction of sp³-hybridized carbons (Fsp3) is 0.538. The van der Waals surface area contributed by atoms with Crippen molar-refractivity contribution >= 4 is 17.5 Å². The molecule has 1 aliphatic rings. The van der Waals surface area contributed by atoms with Crippen molar-refractivity contribution < 1.29 is 14.8 Å². The summed E-state index contributed by atoms with van der Waals surface area (Å²) in [6.07, 6.45) is 4.41. The van der Waals surface area contributed by atoms with Crippen LogP contribution in [0.1, 0.15) is 25.7 Å². The van der Waals surface area contributed by atoms with E-state index in [0.717, 1.165) is 31.6 Å². The molecule has 0 aliphatic carbocycles. The molecule has 7 nitrogen and oxygen atoms in total. The Morgan fingerprint density at radius 3 is 2.95 bits per heavy atom. The van der Waals surface area contributed by atoms with Crippen molar-refractivity contribution in [1.82, 2.24) is 4.98 Å². The number of carboxylic acids is 1. The summed E-state index contributed by atoms with van der Waals surface area (Å²) in [7, 11) is 0. The van der Waals surface area contributed by atoms with Gasteiger partial charge in [-0.1, -0.05) is 0 Å². The molecule has 20 heavy (non-hydrogen) atoms. The van der Waals surface area contributed by atoms with E-state index in [1.54, 1.807) is 6.07 Å². The first-order chi connectivity index (χ1) is 9.56. The number of nitro groups is 1. The number of carboxylic acid groups (broad SMARTS) is 1. The molecular weight excluding hydrogens is 262 g/mol. The zero-order valence-electron chi connectivity index (χ0n) is 11.1. The lowest BCUT2D eigenvalue weighted by Crippen LogP contribution is -2.35. The van der Waals surface area contributed by atoms with Gasteiger partial charge in [0.1, 0.15) is 0 Å². The molecule has 0 saturated carbocycles. The Bertz CT molecular complexity index is 489. The molecule has 7 heteroatoms. The molecule has 0 radical (unpaired) electrons. The SMILES string of the molecule is O=C(O)CCC1CCCN(c2ccc([N+](=O)[O-])nc2)C1. The van der Waals surface area contributed by atoms with Crippen LogP contribution in [0.5, 0.6) is 0 Å². The van der Waals surface area contributed by atoms with E-state index in [0.29, 0.717) is 12.3 Å². The van der Waals surface area contributed by atoms with Gasteiger partial charge in [0.15, 0.2) is 6.20 Å². The second-order valence-corrected chi connectivity index (χ2v) is 5.02. The van der Waals surface area contributed by atoms with Crippen LogP contribution in [-0.4, -0.2) is 34.1 Å². The summed E-state index contributed by atoms with van der Waals surface area (Å²) in [4.78, 5) is 26.6. The maximum absolute atomic E-state index is 10.6. The number of piperidine rings is 1. The number of hydrogen-bond donors (Lipinski definition) is 1. The molecule has 1 unspecified atom stereocenters. The fourth-order valence-corrected chi connectivity index (χ4v) is 2.54. The van der Waals surface area contributed by atoms with Gasteiger partial charge in [0.2, 0.25) is 0 Å². The van der Waals surface area contributed by atoms with Gasteiger partial charge in [-0.05, 0) is 41.2 Å². The molecule has 0 amide bonds. The van der Waals surface area contributed by atoms with Crippen molar-refractivity contribution in [2.75, 3.05) is 18.0 Å². The number of rotatable bonds is 5. The van der Waals surface area contributed by atoms with E-state index in [1.807, 2.05) is 0 Å². The summed E-state index contributed by atoms with van der Waals surface area (Å²) in [6.45, 7) is 1.66. The second kappa shape index (κ2) is 6.31. The Morgan fingerprint density at radius 2 is 2.35 bits per heavy atom. The van der Waals surface area contributed by atoms with Gasteiger partial charge in [-0.3, -0.25) is 4.79 Å². The van der Waals surface area contributed by atoms with Crippen molar-refractivity contribution in [3.63, 3.8) is 0 Å². The highest BCUT2D eigenvalue weighted by molar-refractivity contribution is 5.66. The van der Waals surface area contributed by atoms with Gasteiger partial charge in [-0.15, -0.1) is 0 Å². The van der Waals surface area contributed by atoms with Crippen LogP contribution in [0.4, 0.5) is 11.5 Å². The number of hydrogen-bond acceptors (Lipinski definition) is 5. The van der Waals surface area contributed by atoms with Gasteiger partial charge in [0.05, 0.1) is 5.69 Å². The normalized spacial score (nSPS) is 18.8. The average Bonchev–Trinajstić information content (AvgIpc) is 2.45. The molecule has 1 saturated heterocycles. The number of aromatic nitrogens is 1. The first-order valence-corrected chi connectivity index (χ1v) is 6.63. The van der Waals surface area contributed by atoms with E-state index in [2.05, 4.69) is 9.88 Å². The van der Waals surface area contributed by atoms with Gasteiger partial charge in [-0.2, -0.15) is 0 Å². The zero-order valence-corrected chi connectivity index (χ0v) is 11.1. The number of nitrogens with zero attached hydrogens (tertiary/aromatic N) is 3. The molecule has 2 heterocycles. The van der Waals surface area contributed by atoms with Crippen LogP contribution in [0, 0.1) is 16.0 Å². The lowest BCUT2D eigenvalue weighted by Gasteiger charge is -2.33. The van der Waals surface area contributed by atoms with Crippen LogP contribution in [-0.2, 0) is 4.79 Å². The Labute approximate surface area is 116 Å². The summed E-state index contributed by atoms with van der Waals surface area (Å²) < 4.78 is 0. The minimum atomic E-state index is -0.765. The molecule has 0 bridgehead atoms. The minimum Gasteiger partial charge on any atom is -0.481 e. The van der Waals surface area contributed by atoms with Crippen molar-refractivity contribution in [3.8, 4) is 0 Å². The predicted octanol–water partition coefficient (Wildman–Crippen LogP) is 2.07. The van der Waals surface area contributed by atoms with Gasteiger partial charge in [0, 0.05) is 25.6 Å². The van der Waals surface area contributed by atoms with Gasteiger partial charge >= 0.3 is 11.8 Å². The van der Waals surface area contributed by atoms with E-state index >= 15 is 0 Å². The molecule has 1 aliphatic heterocycles. The van der Waals surface area contributed by atoms with E-state index in [9.17, 15) is 14.9 Å². The number of aliphatic carboxylic acids is 1. The third kappa shape index (κ3) is 3.66. The molecule has 1 atom stereocenters. The molecule has 1 aromatic heterocycles. The third-order valence-electron chi connectivity index (χ3n) is 3.57. The summed E-state index contributed by atoms with van der Waals surface area (Å²) in [5, 5.41) is 19.3. The monoisotopic (exact) mass is 279 g/mol. The van der Waals surface area contributed by atoms with Crippen LogP contribution in [0.25, 0.3) is 0 Å². The van der Waals surface area contributed by atoms with Crippen LogP contribution < -0.4 is 4.90 Å². The smallest absolute Gasteiger partial charge is 0.363 e. The van der Waals surface area contributed by atoms with E-state index in [1.165, 1.54) is 12.3 Å². The number of anilines is 1. The Kier molecular flexibility index (Phi) is 4.49. The molecule has 1 N–H and O–H groups in total. The van der Waals surface area contributed by atoms with Crippen LogP contribution in [0.15, 0.2) is 18.3 Å². The minimum absolute atomic E-state index is 0.159. The van der Waals surface area contributed by atoms with E-state index in [4.69, 9.17) is 5.11 Å². The van der Waals surface area contributed by atoms with Crippen LogP contribution in [0.2, 0.25) is 0 Å². The summed E-state index contributed by atoms with van der Waals surface area (Å²) in [5.74, 6) is -0.567. The molecule has 1 fully saturated rings. The first-order valence-electron chi connectivity index (χ1n) is 6.63. The molecule has 108 valence electrons. The first kappa shape index (κ1) is 14.2. The zero-order chi connectivity index (χ0) is 14.5. The van der Waals surface area contributed by atoms with Crippen LogP contribution in [0.3, 0.4) is 0 Å². The highest BCUT2D eigenvalue weighted by Gasteiger charge is 2.22. The second-order valence-electron chi connectivity index (χ2n) is 5.02. The molecule has 1 aromatic rings.